The lowest BCUT2D eigenvalue weighted by Gasteiger charge is -2.32. The van der Waals surface area contributed by atoms with Gasteiger partial charge in [-0.15, -0.1) is 0 Å². The van der Waals surface area contributed by atoms with Gasteiger partial charge in [0, 0.05) is 25.7 Å². The van der Waals surface area contributed by atoms with Crippen LogP contribution in [0.5, 0.6) is 0 Å². The van der Waals surface area contributed by atoms with Crippen molar-refractivity contribution >= 4 is 0 Å². The van der Waals surface area contributed by atoms with Crippen LogP contribution in [0.1, 0.15) is 30.9 Å². The van der Waals surface area contributed by atoms with E-state index in [4.69, 9.17) is 10.5 Å². The van der Waals surface area contributed by atoms with Gasteiger partial charge in [0.15, 0.2) is 0 Å². The molecule has 3 unspecified atom stereocenters. The zero-order chi connectivity index (χ0) is 12.4. The molecular weight excluding hydrogens is 224 g/mol. The van der Waals surface area contributed by atoms with Crippen molar-refractivity contribution in [2.45, 2.75) is 37.5 Å². The Morgan fingerprint density at radius 3 is 2.50 bits per heavy atom. The standard InChI is InChI=1S/C15H22N2O/c16-15(12-4-2-1-3-5-12)8-9-17-10-13-6-7-14(11-17)18-13/h1-5,13-15H,6-11,16H2. The first kappa shape index (κ1) is 12.2. The Balaban J connectivity index is 1.49. The van der Waals surface area contributed by atoms with E-state index >= 15 is 0 Å². The van der Waals surface area contributed by atoms with E-state index in [0.717, 1.165) is 26.1 Å². The molecule has 0 saturated carbocycles. The molecule has 1 aromatic carbocycles. The summed E-state index contributed by atoms with van der Waals surface area (Å²) in [5.74, 6) is 0. The molecular formula is C15H22N2O. The molecule has 0 amide bonds. The fourth-order valence-electron chi connectivity index (χ4n) is 3.07. The van der Waals surface area contributed by atoms with Crippen molar-refractivity contribution in [3.8, 4) is 0 Å². The second-order valence-corrected chi connectivity index (χ2v) is 5.52. The highest BCUT2D eigenvalue weighted by Gasteiger charge is 2.33. The number of nitrogens with two attached hydrogens (primary N) is 1. The summed E-state index contributed by atoms with van der Waals surface area (Å²) in [5, 5.41) is 0. The fourth-order valence-corrected chi connectivity index (χ4v) is 3.07. The number of hydrogen-bond acceptors (Lipinski definition) is 3. The van der Waals surface area contributed by atoms with Crippen molar-refractivity contribution in [2.24, 2.45) is 5.73 Å². The van der Waals surface area contributed by atoms with Gasteiger partial charge in [-0.25, -0.2) is 0 Å². The van der Waals surface area contributed by atoms with E-state index in [1.54, 1.807) is 0 Å². The predicted octanol–water partition coefficient (Wildman–Crippen LogP) is 1.94. The lowest BCUT2D eigenvalue weighted by atomic mass is 10.0. The summed E-state index contributed by atoms with van der Waals surface area (Å²) < 4.78 is 5.85. The Morgan fingerprint density at radius 1 is 1.17 bits per heavy atom. The Kier molecular flexibility index (Phi) is 3.64. The third kappa shape index (κ3) is 2.74. The van der Waals surface area contributed by atoms with Gasteiger partial charge >= 0.3 is 0 Å². The van der Waals surface area contributed by atoms with Gasteiger partial charge in [0.05, 0.1) is 12.2 Å². The molecule has 3 rings (SSSR count). The topological polar surface area (TPSA) is 38.5 Å². The highest BCUT2D eigenvalue weighted by atomic mass is 16.5. The number of morpholine rings is 1. The third-order valence-corrected chi connectivity index (χ3v) is 4.10. The summed E-state index contributed by atoms with van der Waals surface area (Å²) >= 11 is 0. The van der Waals surface area contributed by atoms with E-state index in [0.29, 0.717) is 12.2 Å². The summed E-state index contributed by atoms with van der Waals surface area (Å²) in [6.07, 6.45) is 4.48. The second-order valence-electron chi connectivity index (χ2n) is 5.52. The quantitative estimate of drug-likeness (QED) is 0.882. The van der Waals surface area contributed by atoms with E-state index < -0.39 is 0 Å². The van der Waals surface area contributed by atoms with Crippen LogP contribution in [0.3, 0.4) is 0 Å². The number of ether oxygens (including phenoxy) is 1. The highest BCUT2D eigenvalue weighted by molar-refractivity contribution is 5.18. The maximum Gasteiger partial charge on any atom is 0.0707 e. The maximum absolute atomic E-state index is 6.24. The second kappa shape index (κ2) is 5.39. The molecule has 18 heavy (non-hydrogen) atoms. The van der Waals surface area contributed by atoms with Crippen LogP contribution in [0.4, 0.5) is 0 Å². The van der Waals surface area contributed by atoms with Crippen molar-refractivity contribution in [3.05, 3.63) is 35.9 Å². The van der Waals surface area contributed by atoms with Crippen LogP contribution in [0, 0.1) is 0 Å². The molecule has 2 bridgehead atoms. The number of likely N-dealkylation sites (tertiary alicyclic amines) is 1. The summed E-state index contributed by atoms with van der Waals surface area (Å²) in [4.78, 5) is 2.52. The first-order valence-corrected chi connectivity index (χ1v) is 6.99. The SMILES string of the molecule is NC(CCN1CC2CCC(C1)O2)c1ccccc1. The molecule has 0 aromatic heterocycles. The first-order valence-electron chi connectivity index (χ1n) is 6.99. The van der Waals surface area contributed by atoms with Crippen LogP contribution < -0.4 is 5.73 Å². The number of nitrogens with zero attached hydrogens (tertiary/aromatic N) is 1. The van der Waals surface area contributed by atoms with Crippen LogP contribution in [-0.2, 0) is 4.74 Å². The van der Waals surface area contributed by atoms with Crippen LogP contribution in [0.25, 0.3) is 0 Å². The van der Waals surface area contributed by atoms with Crippen molar-refractivity contribution in [3.63, 3.8) is 0 Å². The zero-order valence-corrected chi connectivity index (χ0v) is 10.8. The summed E-state index contributed by atoms with van der Waals surface area (Å²) in [6, 6.07) is 10.6. The normalized spacial score (nSPS) is 29.4. The third-order valence-electron chi connectivity index (χ3n) is 4.10. The van der Waals surface area contributed by atoms with Crippen molar-refractivity contribution in [2.75, 3.05) is 19.6 Å². The monoisotopic (exact) mass is 246 g/mol. The van der Waals surface area contributed by atoms with E-state index in [-0.39, 0.29) is 6.04 Å². The molecule has 98 valence electrons. The largest absolute Gasteiger partial charge is 0.372 e. The Morgan fingerprint density at radius 2 is 1.83 bits per heavy atom. The minimum absolute atomic E-state index is 0.159. The summed E-state index contributed by atoms with van der Waals surface area (Å²) in [7, 11) is 0. The van der Waals surface area contributed by atoms with Crippen molar-refractivity contribution in [1.82, 2.24) is 4.90 Å². The smallest absolute Gasteiger partial charge is 0.0707 e. The van der Waals surface area contributed by atoms with Gasteiger partial charge in [-0.05, 0) is 24.8 Å². The first-order chi connectivity index (χ1) is 8.81. The molecule has 3 atom stereocenters. The zero-order valence-electron chi connectivity index (χ0n) is 10.8. The van der Waals surface area contributed by atoms with E-state index in [2.05, 4.69) is 29.2 Å². The molecule has 2 fully saturated rings. The molecule has 1 aromatic rings. The molecule has 3 heteroatoms. The number of benzene rings is 1. The molecule has 2 saturated heterocycles. The molecule has 0 radical (unpaired) electrons. The fraction of sp³-hybridized carbons (Fsp3) is 0.600. The van der Waals surface area contributed by atoms with E-state index in [9.17, 15) is 0 Å². The molecule has 2 aliphatic heterocycles. The number of hydrogen-bond donors (Lipinski definition) is 1. The maximum atomic E-state index is 6.24. The van der Waals surface area contributed by atoms with Gasteiger partial charge in [-0.3, -0.25) is 4.90 Å². The van der Waals surface area contributed by atoms with Crippen molar-refractivity contribution in [1.29, 1.82) is 0 Å². The Bertz CT molecular complexity index is 369. The van der Waals surface area contributed by atoms with Gasteiger partial charge in [0.2, 0.25) is 0 Å². The Hall–Kier alpha value is -0.900. The molecule has 2 heterocycles. The lowest BCUT2D eigenvalue weighted by Crippen LogP contribution is -2.43. The summed E-state index contributed by atoms with van der Waals surface area (Å²) in [5.41, 5.74) is 7.48. The predicted molar refractivity (Wildman–Crippen MR) is 72.3 cm³/mol. The van der Waals surface area contributed by atoms with E-state index in [1.165, 1.54) is 18.4 Å². The van der Waals surface area contributed by atoms with Crippen LogP contribution in [-0.4, -0.2) is 36.7 Å². The van der Waals surface area contributed by atoms with Gasteiger partial charge in [-0.1, -0.05) is 30.3 Å². The minimum atomic E-state index is 0.159. The average molecular weight is 246 g/mol. The molecule has 2 N–H and O–H groups in total. The van der Waals surface area contributed by atoms with Gasteiger partial charge in [0.25, 0.3) is 0 Å². The van der Waals surface area contributed by atoms with Gasteiger partial charge in [0.1, 0.15) is 0 Å². The van der Waals surface area contributed by atoms with Crippen LogP contribution in [0.15, 0.2) is 30.3 Å². The molecule has 0 aliphatic carbocycles. The molecule has 3 nitrogen and oxygen atoms in total. The highest BCUT2D eigenvalue weighted by Crippen LogP contribution is 2.26. The molecule has 0 spiro atoms. The lowest BCUT2D eigenvalue weighted by molar-refractivity contribution is -0.0388. The van der Waals surface area contributed by atoms with Crippen LogP contribution >= 0.6 is 0 Å². The summed E-state index contributed by atoms with van der Waals surface area (Å²) in [6.45, 7) is 3.28. The minimum Gasteiger partial charge on any atom is -0.372 e. The van der Waals surface area contributed by atoms with Gasteiger partial charge in [-0.2, -0.15) is 0 Å². The molecule has 2 aliphatic rings. The van der Waals surface area contributed by atoms with Crippen LogP contribution in [0.2, 0.25) is 0 Å². The number of fused-ring (bicyclic) bond motifs is 2. The average Bonchev–Trinajstić information content (AvgIpc) is 2.76. The van der Waals surface area contributed by atoms with E-state index in [1.807, 2.05) is 6.07 Å². The van der Waals surface area contributed by atoms with Crippen molar-refractivity contribution < 1.29 is 4.74 Å². The Labute approximate surface area is 109 Å². The number of rotatable bonds is 4. The van der Waals surface area contributed by atoms with Gasteiger partial charge < -0.3 is 10.5 Å².